The zero-order chi connectivity index (χ0) is 13.9. The molecule has 0 unspecified atom stereocenters. The lowest BCUT2D eigenvalue weighted by molar-refractivity contribution is 0.114. The summed E-state index contributed by atoms with van der Waals surface area (Å²) in [6, 6.07) is 5.30. The summed E-state index contributed by atoms with van der Waals surface area (Å²) in [6.07, 6.45) is 7.43. The Kier molecular flexibility index (Phi) is 8.43. The van der Waals surface area contributed by atoms with Crippen LogP contribution in [0.4, 0.5) is 4.39 Å². The Balaban J connectivity index is 2.16. The Morgan fingerprint density at radius 2 is 1.74 bits per heavy atom. The number of rotatable bonds is 10. The fourth-order valence-corrected chi connectivity index (χ4v) is 2.07. The number of benzene rings is 1. The van der Waals surface area contributed by atoms with Gasteiger partial charge in [-0.05, 0) is 6.42 Å². The molecule has 0 aliphatic rings. The van der Waals surface area contributed by atoms with E-state index >= 15 is 0 Å². The highest BCUT2D eigenvalue weighted by Gasteiger charge is 2.06. The van der Waals surface area contributed by atoms with Gasteiger partial charge in [0, 0.05) is 24.3 Å². The number of hydrogen-bond donors (Lipinski definition) is 1. The van der Waals surface area contributed by atoms with Crippen molar-refractivity contribution in [3.05, 3.63) is 35.1 Å². The molecule has 0 amide bonds. The van der Waals surface area contributed by atoms with Crippen LogP contribution in [-0.2, 0) is 17.9 Å². The number of hydrogen-bond acceptors (Lipinski definition) is 2. The first-order valence-corrected chi connectivity index (χ1v) is 7.33. The van der Waals surface area contributed by atoms with Crippen molar-refractivity contribution in [2.45, 2.75) is 58.6 Å². The minimum atomic E-state index is -0.215. The number of nitrogens with two attached hydrogens (primary N) is 1. The minimum absolute atomic E-state index is 0.215. The van der Waals surface area contributed by atoms with E-state index < -0.39 is 0 Å². The van der Waals surface area contributed by atoms with Gasteiger partial charge in [-0.25, -0.2) is 4.39 Å². The van der Waals surface area contributed by atoms with E-state index in [1.165, 1.54) is 32.1 Å². The second-order valence-electron chi connectivity index (χ2n) is 4.91. The summed E-state index contributed by atoms with van der Waals surface area (Å²) in [5, 5.41) is 0. The van der Waals surface area contributed by atoms with Crippen LogP contribution >= 0.6 is 0 Å². The molecule has 19 heavy (non-hydrogen) atoms. The van der Waals surface area contributed by atoms with E-state index in [2.05, 4.69) is 6.92 Å². The van der Waals surface area contributed by atoms with Crippen LogP contribution in [0, 0.1) is 5.82 Å². The van der Waals surface area contributed by atoms with E-state index in [9.17, 15) is 4.39 Å². The molecule has 0 heterocycles. The van der Waals surface area contributed by atoms with Gasteiger partial charge in [-0.15, -0.1) is 0 Å². The second-order valence-corrected chi connectivity index (χ2v) is 4.91. The molecule has 0 saturated heterocycles. The van der Waals surface area contributed by atoms with E-state index in [1.54, 1.807) is 12.1 Å². The summed E-state index contributed by atoms with van der Waals surface area (Å²) in [5.74, 6) is -0.215. The third-order valence-electron chi connectivity index (χ3n) is 3.28. The van der Waals surface area contributed by atoms with Crippen LogP contribution in [0.1, 0.15) is 56.6 Å². The van der Waals surface area contributed by atoms with E-state index in [4.69, 9.17) is 10.5 Å². The SMILES string of the molecule is CCCCCCCCOCc1cccc(CN)c1F. The smallest absolute Gasteiger partial charge is 0.133 e. The third-order valence-corrected chi connectivity index (χ3v) is 3.28. The lowest BCUT2D eigenvalue weighted by atomic mass is 10.1. The first-order valence-electron chi connectivity index (χ1n) is 7.33. The van der Waals surface area contributed by atoms with Crippen LogP contribution in [0.5, 0.6) is 0 Å². The van der Waals surface area contributed by atoms with Crippen LogP contribution in [0.25, 0.3) is 0 Å². The first-order chi connectivity index (χ1) is 9.29. The van der Waals surface area contributed by atoms with Crippen molar-refractivity contribution in [3.8, 4) is 0 Å². The van der Waals surface area contributed by atoms with E-state index in [-0.39, 0.29) is 12.4 Å². The summed E-state index contributed by atoms with van der Waals surface area (Å²) >= 11 is 0. The normalized spacial score (nSPS) is 10.9. The van der Waals surface area contributed by atoms with Crippen LogP contribution in [0.3, 0.4) is 0 Å². The Bertz CT molecular complexity index is 355. The maximum Gasteiger partial charge on any atom is 0.133 e. The van der Waals surface area contributed by atoms with Gasteiger partial charge in [-0.2, -0.15) is 0 Å². The van der Waals surface area contributed by atoms with Crippen molar-refractivity contribution < 1.29 is 9.13 Å². The molecule has 1 aromatic carbocycles. The molecule has 2 N–H and O–H groups in total. The number of ether oxygens (including phenoxy) is 1. The zero-order valence-corrected chi connectivity index (χ0v) is 12.0. The highest BCUT2D eigenvalue weighted by molar-refractivity contribution is 5.25. The summed E-state index contributed by atoms with van der Waals surface area (Å²) in [6.45, 7) is 3.50. The summed E-state index contributed by atoms with van der Waals surface area (Å²) in [7, 11) is 0. The number of unbranched alkanes of at least 4 members (excludes halogenated alkanes) is 5. The molecule has 108 valence electrons. The molecule has 1 rings (SSSR count). The highest BCUT2D eigenvalue weighted by Crippen LogP contribution is 2.14. The molecule has 0 bridgehead atoms. The van der Waals surface area contributed by atoms with Crippen molar-refractivity contribution in [3.63, 3.8) is 0 Å². The molecular weight excluding hydrogens is 241 g/mol. The van der Waals surface area contributed by atoms with Gasteiger partial charge in [0.25, 0.3) is 0 Å². The monoisotopic (exact) mass is 267 g/mol. The minimum Gasteiger partial charge on any atom is -0.377 e. The Hall–Kier alpha value is -0.930. The van der Waals surface area contributed by atoms with Crippen molar-refractivity contribution in [1.29, 1.82) is 0 Å². The van der Waals surface area contributed by atoms with Gasteiger partial charge in [0.1, 0.15) is 5.82 Å². The molecule has 0 aliphatic carbocycles. The molecule has 0 spiro atoms. The van der Waals surface area contributed by atoms with Crippen LogP contribution < -0.4 is 5.73 Å². The molecule has 0 aromatic heterocycles. The molecule has 2 nitrogen and oxygen atoms in total. The zero-order valence-electron chi connectivity index (χ0n) is 12.0. The van der Waals surface area contributed by atoms with Gasteiger partial charge in [0.2, 0.25) is 0 Å². The van der Waals surface area contributed by atoms with E-state index in [0.29, 0.717) is 24.3 Å². The van der Waals surface area contributed by atoms with Crippen molar-refractivity contribution >= 4 is 0 Å². The fraction of sp³-hybridized carbons (Fsp3) is 0.625. The molecular formula is C16H26FNO. The van der Waals surface area contributed by atoms with Gasteiger partial charge in [0.05, 0.1) is 6.61 Å². The highest BCUT2D eigenvalue weighted by atomic mass is 19.1. The van der Waals surface area contributed by atoms with E-state index in [0.717, 1.165) is 6.42 Å². The van der Waals surface area contributed by atoms with Gasteiger partial charge in [0.15, 0.2) is 0 Å². The van der Waals surface area contributed by atoms with Crippen molar-refractivity contribution in [2.24, 2.45) is 5.73 Å². The molecule has 1 aromatic rings. The number of halogens is 1. The van der Waals surface area contributed by atoms with Crippen LogP contribution in [-0.4, -0.2) is 6.61 Å². The molecule has 0 radical (unpaired) electrons. The van der Waals surface area contributed by atoms with Gasteiger partial charge < -0.3 is 10.5 Å². The second kappa shape index (κ2) is 9.93. The van der Waals surface area contributed by atoms with Crippen molar-refractivity contribution in [2.75, 3.05) is 6.61 Å². The topological polar surface area (TPSA) is 35.2 Å². The maximum absolute atomic E-state index is 13.8. The molecule has 3 heteroatoms. The summed E-state index contributed by atoms with van der Waals surface area (Å²) in [4.78, 5) is 0. The molecule has 0 atom stereocenters. The quantitative estimate of drug-likeness (QED) is 0.646. The predicted octanol–water partition coefficient (Wildman–Crippen LogP) is 4.16. The van der Waals surface area contributed by atoms with Crippen LogP contribution in [0.2, 0.25) is 0 Å². The maximum atomic E-state index is 13.8. The van der Waals surface area contributed by atoms with Gasteiger partial charge in [-0.1, -0.05) is 57.2 Å². The molecule has 0 saturated carbocycles. The Morgan fingerprint density at radius 3 is 2.47 bits per heavy atom. The standard InChI is InChI=1S/C16H26FNO/c1-2-3-4-5-6-7-11-19-13-15-10-8-9-14(12-18)16(15)17/h8-10H,2-7,11-13,18H2,1H3. The van der Waals surface area contributed by atoms with Gasteiger partial charge >= 0.3 is 0 Å². The lowest BCUT2D eigenvalue weighted by Gasteiger charge is -2.08. The predicted molar refractivity (Wildman–Crippen MR) is 77.3 cm³/mol. The van der Waals surface area contributed by atoms with E-state index in [1.807, 2.05) is 6.07 Å². The average molecular weight is 267 g/mol. The molecule has 0 fully saturated rings. The average Bonchev–Trinajstić information content (AvgIpc) is 2.43. The molecule has 0 aliphatic heterocycles. The Morgan fingerprint density at radius 1 is 1.05 bits per heavy atom. The van der Waals surface area contributed by atoms with Gasteiger partial charge in [-0.3, -0.25) is 0 Å². The van der Waals surface area contributed by atoms with Crippen LogP contribution in [0.15, 0.2) is 18.2 Å². The lowest BCUT2D eigenvalue weighted by Crippen LogP contribution is -2.04. The summed E-state index contributed by atoms with van der Waals surface area (Å²) < 4.78 is 19.4. The largest absolute Gasteiger partial charge is 0.377 e. The first kappa shape index (κ1) is 16.1. The third kappa shape index (κ3) is 6.17. The van der Waals surface area contributed by atoms with Crippen molar-refractivity contribution in [1.82, 2.24) is 0 Å². The Labute approximate surface area is 116 Å². The summed E-state index contributed by atoms with van der Waals surface area (Å²) in [5.41, 5.74) is 6.63. The fourth-order valence-electron chi connectivity index (χ4n) is 2.07.